The Balaban J connectivity index is 2.01. The molecule has 2 rings (SSSR count). The van der Waals surface area contributed by atoms with E-state index in [1.807, 2.05) is 17.9 Å². The van der Waals surface area contributed by atoms with E-state index < -0.39 is 0 Å². The Morgan fingerprint density at radius 1 is 1.21 bits per heavy atom. The predicted molar refractivity (Wildman–Crippen MR) is 80.7 cm³/mol. The SMILES string of the molecule is CCc1nn(C)cc1NCc1ccc(N(C)C)cc1. The zero-order valence-electron chi connectivity index (χ0n) is 12.1. The number of nitrogens with zero attached hydrogens (tertiary/aromatic N) is 3. The summed E-state index contributed by atoms with van der Waals surface area (Å²) in [5, 5.41) is 7.88. The van der Waals surface area contributed by atoms with E-state index in [-0.39, 0.29) is 0 Å². The Kier molecular flexibility index (Phi) is 4.10. The van der Waals surface area contributed by atoms with Crippen LogP contribution in [0.3, 0.4) is 0 Å². The molecule has 4 heteroatoms. The summed E-state index contributed by atoms with van der Waals surface area (Å²) in [6.07, 6.45) is 2.98. The number of benzene rings is 1. The summed E-state index contributed by atoms with van der Waals surface area (Å²) in [5.41, 5.74) is 4.74. The second-order valence-corrected chi connectivity index (χ2v) is 4.93. The van der Waals surface area contributed by atoms with Gasteiger partial charge in [0.05, 0.1) is 11.4 Å². The van der Waals surface area contributed by atoms with E-state index in [0.29, 0.717) is 0 Å². The summed E-state index contributed by atoms with van der Waals surface area (Å²) in [4.78, 5) is 2.10. The fourth-order valence-corrected chi connectivity index (χ4v) is 2.05. The van der Waals surface area contributed by atoms with Gasteiger partial charge >= 0.3 is 0 Å². The summed E-state index contributed by atoms with van der Waals surface area (Å²) in [6, 6.07) is 8.59. The molecular formula is C15H22N4. The Morgan fingerprint density at radius 3 is 2.47 bits per heavy atom. The van der Waals surface area contributed by atoms with Crippen molar-refractivity contribution >= 4 is 11.4 Å². The number of rotatable bonds is 5. The van der Waals surface area contributed by atoms with Crippen LogP contribution in [0.1, 0.15) is 18.2 Å². The summed E-state index contributed by atoms with van der Waals surface area (Å²) in [6.45, 7) is 2.95. The van der Waals surface area contributed by atoms with Gasteiger partial charge in [-0.05, 0) is 24.1 Å². The van der Waals surface area contributed by atoms with Crippen LogP contribution >= 0.6 is 0 Å². The minimum Gasteiger partial charge on any atom is -0.378 e. The average Bonchev–Trinajstić information content (AvgIpc) is 2.77. The maximum atomic E-state index is 4.43. The quantitative estimate of drug-likeness (QED) is 0.895. The van der Waals surface area contributed by atoms with Crippen LogP contribution in [0, 0.1) is 0 Å². The topological polar surface area (TPSA) is 33.1 Å². The summed E-state index contributed by atoms with van der Waals surface area (Å²) in [7, 11) is 6.06. The summed E-state index contributed by atoms with van der Waals surface area (Å²) >= 11 is 0. The monoisotopic (exact) mass is 258 g/mol. The van der Waals surface area contributed by atoms with Crippen molar-refractivity contribution in [1.82, 2.24) is 9.78 Å². The van der Waals surface area contributed by atoms with Crippen LogP contribution in [0.2, 0.25) is 0 Å². The molecule has 0 saturated heterocycles. The van der Waals surface area contributed by atoms with E-state index in [0.717, 1.165) is 24.3 Å². The van der Waals surface area contributed by atoms with E-state index in [2.05, 4.69) is 60.6 Å². The maximum Gasteiger partial charge on any atom is 0.0853 e. The molecule has 1 N–H and O–H groups in total. The molecular weight excluding hydrogens is 236 g/mol. The molecule has 19 heavy (non-hydrogen) atoms. The van der Waals surface area contributed by atoms with Gasteiger partial charge < -0.3 is 10.2 Å². The van der Waals surface area contributed by atoms with Gasteiger partial charge in [-0.1, -0.05) is 19.1 Å². The minimum atomic E-state index is 0.826. The fraction of sp³-hybridized carbons (Fsp3) is 0.400. The highest BCUT2D eigenvalue weighted by Gasteiger charge is 2.05. The third-order valence-corrected chi connectivity index (χ3v) is 3.18. The van der Waals surface area contributed by atoms with Crippen molar-refractivity contribution in [3.05, 3.63) is 41.7 Å². The highest BCUT2D eigenvalue weighted by Crippen LogP contribution is 2.16. The standard InChI is InChI=1S/C15H22N4/c1-5-14-15(11-19(4)17-14)16-10-12-6-8-13(9-7-12)18(2)3/h6-9,11,16H,5,10H2,1-4H3. The van der Waals surface area contributed by atoms with Crippen molar-refractivity contribution in [3.63, 3.8) is 0 Å². The van der Waals surface area contributed by atoms with Gasteiger partial charge in [-0.3, -0.25) is 4.68 Å². The Bertz CT molecular complexity index is 526. The number of hydrogen-bond donors (Lipinski definition) is 1. The van der Waals surface area contributed by atoms with E-state index in [9.17, 15) is 0 Å². The van der Waals surface area contributed by atoms with Crippen LogP contribution in [0.15, 0.2) is 30.5 Å². The summed E-state index contributed by atoms with van der Waals surface area (Å²) in [5.74, 6) is 0. The van der Waals surface area contributed by atoms with Crippen LogP contribution in [0.25, 0.3) is 0 Å². The lowest BCUT2D eigenvalue weighted by Crippen LogP contribution is -2.08. The Hall–Kier alpha value is -1.97. The van der Waals surface area contributed by atoms with Crippen LogP contribution in [-0.2, 0) is 20.0 Å². The van der Waals surface area contributed by atoms with Crippen molar-refractivity contribution in [3.8, 4) is 0 Å². The molecule has 0 aliphatic rings. The minimum absolute atomic E-state index is 0.826. The van der Waals surface area contributed by atoms with Crippen LogP contribution in [0.4, 0.5) is 11.4 Å². The van der Waals surface area contributed by atoms with Crippen LogP contribution in [0.5, 0.6) is 0 Å². The number of hydrogen-bond acceptors (Lipinski definition) is 3. The lowest BCUT2D eigenvalue weighted by atomic mass is 10.2. The molecule has 4 nitrogen and oxygen atoms in total. The molecule has 0 aliphatic carbocycles. The van der Waals surface area contributed by atoms with Gasteiger partial charge in [0.15, 0.2) is 0 Å². The molecule has 0 spiro atoms. The van der Waals surface area contributed by atoms with E-state index in [4.69, 9.17) is 0 Å². The van der Waals surface area contributed by atoms with Gasteiger partial charge in [-0.25, -0.2) is 0 Å². The zero-order valence-corrected chi connectivity index (χ0v) is 12.1. The Morgan fingerprint density at radius 2 is 1.89 bits per heavy atom. The molecule has 0 amide bonds. The Labute approximate surface area is 115 Å². The smallest absolute Gasteiger partial charge is 0.0853 e. The van der Waals surface area contributed by atoms with Gasteiger partial charge in [0, 0.05) is 39.6 Å². The van der Waals surface area contributed by atoms with Gasteiger partial charge in [-0.2, -0.15) is 5.10 Å². The zero-order chi connectivity index (χ0) is 13.8. The molecule has 0 bridgehead atoms. The van der Waals surface area contributed by atoms with Crippen molar-refractivity contribution in [1.29, 1.82) is 0 Å². The number of anilines is 2. The largest absolute Gasteiger partial charge is 0.378 e. The predicted octanol–water partition coefficient (Wildman–Crippen LogP) is 2.66. The molecule has 0 aliphatic heterocycles. The third kappa shape index (κ3) is 3.28. The van der Waals surface area contributed by atoms with Crippen molar-refractivity contribution in [2.24, 2.45) is 7.05 Å². The van der Waals surface area contributed by atoms with Gasteiger partial charge in [0.25, 0.3) is 0 Å². The van der Waals surface area contributed by atoms with E-state index >= 15 is 0 Å². The molecule has 0 saturated carbocycles. The second-order valence-electron chi connectivity index (χ2n) is 4.93. The summed E-state index contributed by atoms with van der Waals surface area (Å²) < 4.78 is 1.86. The van der Waals surface area contributed by atoms with Crippen LogP contribution in [-0.4, -0.2) is 23.9 Å². The number of aryl methyl sites for hydroxylation is 2. The van der Waals surface area contributed by atoms with E-state index in [1.54, 1.807) is 0 Å². The second kappa shape index (κ2) is 5.78. The first-order valence-electron chi connectivity index (χ1n) is 6.62. The fourth-order valence-electron chi connectivity index (χ4n) is 2.05. The van der Waals surface area contributed by atoms with Crippen molar-refractivity contribution in [2.75, 3.05) is 24.3 Å². The normalized spacial score (nSPS) is 10.5. The average molecular weight is 258 g/mol. The van der Waals surface area contributed by atoms with Crippen molar-refractivity contribution < 1.29 is 0 Å². The van der Waals surface area contributed by atoms with Crippen LogP contribution < -0.4 is 10.2 Å². The molecule has 1 aromatic heterocycles. The van der Waals surface area contributed by atoms with E-state index in [1.165, 1.54) is 11.3 Å². The maximum absolute atomic E-state index is 4.43. The van der Waals surface area contributed by atoms with Gasteiger partial charge in [0.2, 0.25) is 0 Å². The lowest BCUT2D eigenvalue weighted by Gasteiger charge is -2.13. The highest BCUT2D eigenvalue weighted by molar-refractivity contribution is 5.49. The molecule has 0 atom stereocenters. The molecule has 1 heterocycles. The third-order valence-electron chi connectivity index (χ3n) is 3.18. The van der Waals surface area contributed by atoms with Gasteiger partial charge in [0.1, 0.15) is 0 Å². The molecule has 0 radical (unpaired) electrons. The van der Waals surface area contributed by atoms with Gasteiger partial charge in [-0.15, -0.1) is 0 Å². The first-order valence-corrected chi connectivity index (χ1v) is 6.62. The first-order chi connectivity index (χ1) is 9.10. The molecule has 0 unspecified atom stereocenters. The molecule has 1 aromatic carbocycles. The number of nitrogens with one attached hydrogen (secondary N) is 1. The highest BCUT2D eigenvalue weighted by atomic mass is 15.3. The first kappa shape index (κ1) is 13.5. The molecule has 102 valence electrons. The molecule has 0 fully saturated rings. The number of aromatic nitrogens is 2. The lowest BCUT2D eigenvalue weighted by molar-refractivity contribution is 0.746. The van der Waals surface area contributed by atoms with Crippen molar-refractivity contribution in [2.45, 2.75) is 19.9 Å². The molecule has 2 aromatic rings.